The monoisotopic (exact) mass is 256 g/mol. The van der Waals surface area contributed by atoms with Crippen LogP contribution in [0.5, 0.6) is 0 Å². The van der Waals surface area contributed by atoms with Gasteiger partial charge in [-0.1, -0.05) is 35.5 Å². The Morgan fingerprint density at radius 2 is 2.05 bits per heavy atom. The zero-order valence-electron chi connectivity index (χ0n) is 10.4. The van der Waals surface area contributed by atoms with Crippen molar-refractivity contribution in [2.24, 2.45) is 7.05 Å². The van der Waals surface area contributed by atoms with Crippen LogP contribution in [0.1, 0.15) is 5.76 Å². The molecule has 1 aromatic carbocycles. The molecule has 6 heteroatoms. The quantitative estimate of drug-likeness (QED) is 0.708. The summed E-state index contributed by atoms with van der Waals surface area (Å²) in [5.41, 5.74) is 1.56. The normalized spacial score (nSPS) is 10.8. The maximum atomic E-state index is 11.7. The maximum absolute atomic E-state index is 11.7. The fourth-order valence-corrected chi connectivity index (χ4v) is 1.83. The summed E-state index contributed by atoms with van der Waals surface area (Å²) >= 11 is 0. The largest absolute Gasteiger partial charge is 0.359 e. The van der Waals surface area contributed by atoms with E-state index in [1.165, 1.54) is 15.6 Å². The molecule has 0 N–H and O–H groups in total. The summed E-state index contributed by atoms with van der Waals surface area (Å²) in [6, 6.07) is 11.6. The predicted octanol–water partition coefficient (Wildman–Crippen LogP) is 1.29. The molecule has 0 spiro atoms. The first-order chi connectivity index (χ1) is 9.24. The van der Waals surface area contributed by atoms with Crippen molar-refractivity contribution in [2.75, 3.05) is 0 Å². The van der Waals surface area contributed by atoms with E-state index in [4.69, 9.17) is 4.52 Å². The highest BCUT2D eigenvalue weighted by molar-refractivity contribution is 5.58. The molecule has 96 valence electrons. The third-order valence-electron chi connectivity index (χ3n) is 2.84. The van der Waals surface area contributed by atoms with Crippen molar-refractivity contribution in [1.82, 2.24) is 19.5 Å². The van der Waals surface area contributed by atoms with E-state index in [2.05, 4.69) is 10.3 Å². The van der Waals surface area contributed by atoms with E-state index in [0.29, 0.717) is 12.3 Å². The van der Waals surface area contributed by atoms with Crippen LogP contribution >= 0.6 is 0 Å². The van der Waals surface area contributed by atoms with Crippen LogP contribution in [0.2, 0.25) is 0 Å². The van der Waals surface area contributed by atoms with Gasteiger partial charge < -0.3 is 4.52 Å². The number of hydrogen-bond acceptors (Lipinski definition) is 4. The first-order valence-corrected chi connectivity index (χ1v) is 5.83. The van der Waals surface area contributed by atoms with Crippen LogP contribution in [0, 0.1) is 0 Å². The van der Waals surface area contributed by atoms with Gasteiger partial charge in [-0.3, -0.25) is 4.57 Å². The summed E-state index contributed by atoms with van der Waals surface area (Å²) in [5, 5.41) is 7.88. The molecule has 0 unspecified atom stereocenters. The summed E-state index contributed by atoms with van der Waals surface area (Å²) < 4.78 is 7.98. The second-order valence-electron chi connectivity index (χ2n) is 4.21. The SMILES string of the molecule is Cn1ncn(Cc2cc(-c3ccccc3)no2)c1=O. The van der Waals surface area contributed by atoms with Crippen molar-refractivity contribution in [3.63, 3.8) is 0 Å². The van der Waals surface area contributed by atoms with Gasteiger partial charge in [-0.05, 0) is 0 Å². The molecule has 0 saturated carbocycles. The van der Waals surface area contributed by atoms with Crippen molar-refractivity contribution in [3.8, 4) is 11.3 Å². The van der Waals surface area contributed by atoms with Gasteiger partial charge in [0, 0.05) is 18.7 Å². The smallest absolute Gasteiger partial charge is 0.345 e. The Hall–Kier alpha value is -2.63. The Balaban J connectivity index is 1.86. The minimum Gasteiger partial charge on any atom is -0.359 e. The highest BCUT2D eigenvalue weighted by Crippen LogP contribution is 2.18. The van der Waals surface area contributed by atoms with Crippen LogP contribution in [0.3, 0.4) is 0 Å². The van der Waals surface area contributed by atoms with Crippen LogP contribution in [0.25, 0.3) is 11.3 Å². The molecule has 0 aliphatic heterocycles. The van der Waals surface area contributed by atoms with Gasteiger partial charge in [-0.15, -0.1) is 0 Å². The first kappa shape index (κ1) is 11.5. The number of benzene rings is 1. The van der Waals surface area contributed by atoms with Gasteiger partial charge in [0.1, 0.15) is 12.0 Å². The fraction of sp³-hybridized carbons (Fsp3) is 0.154. The number of aromatic nitrogens is 4. The Morgan fingerprint density at radius 1 is 1.26 bits per heavy atom. The second kappa shape index (κ2) is 4.56. The molecule has 0 aliphatic rings. The van der Waals surface area contributed by atoms with Crippen LogP contribution < -0.4 is 5.69 Å². The van der Waals surface area contributed by atoms with Crippen LogP contribution in [-0.2, 0) is 13.6 Å². The lowest BCUT2D eigenvalue weighted by atomic mass is 10.1. The van der Waals surface area contributed by atoms with E-state index in [9.17, 15) is 4.79 Å². The Labute approximate surface area is 108 Å². The molecule has 0 amide bonds. The van der Waals surface area contributed by atoms with Crippen LogP contribution in [-0.4, -0.2) is 19.5 Å². The molecule has 0 aliphatic carbocycles. The van der Waals surface area contributed by atoms with Crippen molar-refractivity contribution in [3.05, 3.63) is 59.0 Å². The zero-order chi connectivity index (χ0) is 13.2. The van der Waals surface area contributed by atoms with Gasteiger partial charge in [0.2, 0.25) is 0 Å². The number of rotatable bonds is 3. The number of nitrogens with zero attached hydrogens (tertiary/aromatic N) is 4. The summed E-state index contributed by atoms with van der Waals surface area (Å²) in [7, 11) is 1.61. The molecule has 0 fully saturated rings. The number of hydrogen-bond donors (Lipinski definition) is 0. The van der Waals surface area contributed by atoms with Gasteiger partial charge in [-0.2, -0.15) is 5.10 Å². The van der Waals surface area contributed by atoms with Crippen LogP contribution in [0.15, 0.2) is 52.0 Å². The Kier molecular flexibility index (Phi) is 2.75. The highest BCUT2D eigenvalue weighted by atomic mass is 16.5. The molecule has 2 heterocycles. The van der Waals surface area contributed by atoms with Crippen molar-refractivity contribution in [1.29, 1.82) is 0 Å². The third kappa shape index (κ3) is 2.20. The predicted molar refractivity (Wildman–Crippen MR) is 68.5 cm³/mol. The molecular formula is C13H12N4O2. The molecule has 2 aromatic heterocycles. The molecule has 3 rings (SSSR count). The summed E-state index contributed by atoms with van der Waals surface area (Å²) in [4.78, 5) is 11.7. The lowest BCUT2D eigenvalue weighted by Crippen LogP contribution is -2.22. The van der Waals surface area contributed by atoms with E-state index >= 15 is 0 Å². The maximum Gasteiger partial charge on any atom is 0.345 e. The minimum absolute atomic E-state index is 0.183. The third-order valence-corrected chi connectivity index (χ3v) is 2.84. The average molecular weight is 256 g/mol. The summed E-state index contributed by atoms with van der Waals surface area (Å²) in [6.07, 6.45) is 1.48. The van der Waals surface area contributed by atoms with E-state index in [1.54, 1.807) is 7.05 Å². The molecule has 3 aromatic rings. The van der Waals surface area contributed by atoms with Crippen molar-refractivity contribution >= 4 is 0 Å². The lowest BCUT2D eigenvalue weighted by Gasteiger charge is -1.93. The van der Waals surface area contributed by atoms with Gasteiger partial charge in [0.25, 0.3) is 0 Å². The molecule has 0 saturated heterocycles. The molecule has 0 atom stereocenters. The standard InChI is InChI=1S/C13H12N4O2/c1-16-13(18)17(9-14-16)8-11-7-12(15-19-11)10-5-3-2-4-6-10/h2-7,9H,8H2,1H3. The van der Waals surface area contributed by atoms with E-state index in [0.717, 1.165) is 11.3 Å². The lowest BCUT2D eigenvalue weighted by molar-refractivity contribution is 0.376. The molecule has 0 radical (unpaired) electrons. The second-order valence-corrected chi connectivity index (χ2v) is 4.21. The first-order valence-electron chi connectivity index (χ1n) is 5.83. The Bertz CT molecular complexity index is 739. The van der Waals surface area contributed by atoms with E-state index in [-0.39, 0.29) is 5.69 Å². The van der Waals surface area contributed by atoms with Gasteiger partial charge in [-0.25, -0.2) is 9.48 Å². The average Bonchev–Trinajstić information content (AvgIpc) is 3.02. The topological polar surface area (TPSA) is 65.8 Å². The molecule has 6 nitrogen and oxygen atoms in total. The van der Waals surface area contributed by atoms with Crippen molar-refractivity contribution in [2.45, 2.75) is 6.54 Å². The summed E-state index contributed by atoms with van der Waals surface area (Å²) in [6.45, 7) is 0.326. The highest BCUT2D eigenvalue weighted by Gasteiger charge is 2.09. The van der Waals surface area contributed by atoms with Crippen molar-refractivity contribution < 1.29 is 4.52 Å². The van der Waals surface area contributed by atoms with Gasteiger partial charge in [0.15, 0.2) is 5.76 Å². The number of aryl methyl sites for hydroxylation is 1. The summed E-state index contributed by atoms with van der Waals surface area (Å²) in [5.74, 6) is 0.619. The van der Waals surface area contributed by atoms with Gasteiger partial charge >= 0.3 is 5.69 Å². The van der Waals surface area contributed by atoms with Gasteiger partial charge in [0.05, 0.1) is 6.54 Å². The minimum atomic E-state index is -0.183. The molecule has 0 bridgehead atoms. The molecular weight excluding hydrogens is 244 g/mol. The zero-order valence-corrected chi connectivity index (χ0v) is 10.4. The fourth-order valence-electron chi connectivity index (χ4n) is 1.83. The van der Waals surface area contributed by atoms with E-state index < -0.39 is 0 Å². The Morgan fingerprint density at radius 3 is 2.74 bits per heavy atom. The van der Waals surface area contributed by atoms with Crippen LogP contribution in [0.4, 0.5) is 0 Å². The van der Waals surface area contributed by atoms with E-state index in [1.807, 2.05) is 36.4 Å². The molecule has 19 heavy (non-hydrogen) atoms.